The zero-order valence-corrected chi connectivity index (χ0v) is 3.97. The highest BCUT2D eigenvalue weighted by Crippen LogP contribution is 1.40. The molecule has 42 valence electrons. The van der Waals surface area contributed by atoms with Crippen LogP contribution in [-0.4, -0.2) is 10.3 Å². The summed E-state index contributed by atoms with van der Waals surface area (Å²) in [6.45, 7) is 0. The summed E-state index contributed by atoms with van der Waals surface area (Å²) in [5, 5.41) is 14.9. The van der Waals surface area contributed by atoms with Gasteiger partial charge in [0.15, 0.2) is 4.75 Å². The summed E-state index contributed by atoms with van der Waals surface area (Å²) in [4.78, 5) is 7.88. The molecule has 0 bridgehead atoms. The van der Waals surface area contributed by atoms with Crippen molar-refractivity contribution < 1.29 is 10.4 Å². The van der Waals surface area contributed by atoms with Gasteiger partial charge >= 0.3 is 0 Å². The Bertz CT molecular complexity index is 58.7. The minimum atomic E-state index is -0.500. The fourth-order valence-electron chi connectivity index (χ4n) is 0. The third kappa shape index (κ3) is 58.7. The molecule has 3 N–H and O–H groups in total. The first-order valence-electron chi connectivity index (χ1n) is 1.05. The van der Waals surface area contributed by atoms with Crippen LogP contribution in [0.25, 0.3) is 0 Å². The summed E-state index contributed by atoms with van der Waals surface area (Å²) >= 11 is 3.87. The van der Waals surface area contributed by atoms with Gasteiger partial charge in [0.1, 0.15) is 0 Å². The second-order valence-corrected chi connectivity index (χ2v) is 0.825. The van der Waals surface area contributed by atoms with Crippen LogP contribution in [-0.2, 0) is 0 Å². The maximum absolute atomic E-state index is 7.88. The second kappa shape index (κ2) is 8.92. The van der Waals surface area contributed by atoms with E-state index in [0.29, 0.717) is 0 Å². The molecule has 0 atom stereocenters. The minimum absolute atomic E-state index is 0.500. The van der Waals surface area contributed by atoms with Crippen molar-refractivity contribution >= 4 is 17.4 Å². The first-order valence-corrected chi connectivity index (χ1v) is 1.46. The van der Waals surface area contributed by atoms with E-state index in [4.69, 9.17) is 15.3 Å². The van der Waals surface area contributed by atoms with E-state index in [1.807, 2.05) is 0 Å². The molecular formula is CH3NO4S. The number of hydrogen-bond donors (Lipinski definition) is 2. The third-order valence-corrected chi connectivity index (χ3v) is 0. The van der Waals surface area contributed by atoms with E-state index in [1.165, 1.54) is 0 Å². The van der Waals surface area contributed by atoms with Crippen LogP contribution in [0.4, 0.5) is 0 Å². The Balaban J connectivity index is 0. The van der Waals surface area contributed by atoms with Crippen LogP contribution in [0, 0.1) is 9.71 Å². The molecule has 0 rings (SSSR count). The predicted octanol–water partition coefficient (Wildman–Crippen LogP) is -1.33. The van der Waals surface area contributed by atoms with Gasteiger partial charge in [-0.05, 0) is 12.2 Å². The molecule has 0 aliphatic carbocycles. The molecular weight excluding hydrogens is 122 g/mol. The van der Waals surface area contributed by atoms with Gasteiger partial charge in [-0.2, -0.15) is 0 Å². The van der Waals surface area contributed by atoms with Gasteiger partial charge in [0, 0.05) is 0 Å². The van der Waals surface area contributed by atoms with Crippen LogP contribution in [0.5, 0.6) is 0 Å². The Kier molecular flexibility index (Phi) is 12.0. The molecule has 0 saturated carbocycles. The molecule has 0 spiro atoms. The van der Waals surface area contributed by atoms with Crippen molar-refractivity contribution in [3.8, 4) is 0 Å². The van der Waals surface area contributed by atoms with Crippen molar-refractivity contribution in [3.63, 3.8) is 0 Å². The molecule has 0 saturated heterocycles. The Morgan fingerprint density at radius 3 is 2.00 bits per heavy atom. The maximum Gasteiger partial charge on any atom is 0.251 e. The number of thiocarbonyl (C=S) groups is 1. The van der Waals surface area contributed by atoms with Crippen molar-refractivity contribution in [1.29, 1.82) is 0 Å². The minimum Gasteiger partial charge on any atom is -0.487 e. The van der Waals surface area contributed by atoms with Crippen molar-refractivity contribution in [2.45, 2.75) is 0 Å². The first kappa shape index (κ1) is 9.43. The molecule has 6 heteroatoms. The molecule has 0 heterocycles. The summed E-state index contributed by atoms with van der Waals surface area (Å²) in [6.07, 6.45) is 0. The summed E-state index contributed by atoms with van der Waals surface area (Å²) in [6, 6.07) is 0. The van der Waals surface area contributed by atoms with E-state index >= 15 is 0 Å². The highest BCUT2D eigenvalue weighted by Gasteiger charge is 1.57. The predicted molar refractivity (Wildman–Crippen MR) is 26.1 cm³/mol. The molecule has 0 aromatic heterocycles. The molecule has 0 unspecified atom stereocenters. The number of nitrogens with two attached hydrogens (primary N) is 1. The molecule has 0 aromatic carbocycles. The molecule has 7 heavy (non-hydrogen) atoms. The van der Waals surface area contributed by atoms with Crippen molar-refractivity contribution in [2.24, 2.45) is 5.73 Å². The Morgan fingerprint density at radius 2 is 2.00 bits per heavy atom. The first-order chi connectivity index (χ1) is 3.15. The van der Waals surface area contributed by atoms with Crippen LogP contribution in [0.15, 0.2) is 0 Å². The van der Waals surface area contributed by atoms with Crippen LogP contribution in [0.3, 0.4) is 0 Å². The van der Waals surface area contributed by atoms with Gasteiger partial charge in [-0.3, -0.25) is 0 Å². The topological polar surface area (TPSA) is 97.7 Å². The van der Waals surface area contributed by atoms with Gasteiger partial charge in [0.2, 0.25) is 0 Å². The number of aliphatic hydroxyl groups excluding tert-OH is 1. The fourth-order valence-corrected chi connectivity index (χ4v) is 0. The monoisotopic (exact) mass is 125 g/mol. The fraction of sp³-hybridized carbons (Fsp3) is 0. The molecule has 0 aromatic rings. The van der Waals surface area contributed by atoms with Crippen LogP contribution in [0.2, 0.25) is 0 Å². The highest BCUT2D eigenvalue weighted by molar-refractivity contribution is 7.79. The van der Waals surface area contributed by atoms with Gasteiger partial charge < -0.3 is 10.8 Å². The average Bonchev–Trinajstić information content (AvgIpc) is 1.33. The smallest absolute Gasteiger partial charge is 0.251 e. The van der Waals surface area contributed by atoms with E-state index in [0.717, 1.165) is 0 Å². The quantitative estimate of drug-likeness (QED) is 0.181. The molecule has 0 amide bonds. The molecule has 0 aliphatic heterocycles. The van der Waals surface area contributed by atoms with Crippen LogP contribution < -0.4 is 11.0 Å². The van der Waals surface area contributed by atoms with Gasteiger partial charge in [0.25, 0.3) is 5.17 Å². The lowest BCUT2D eigenvalue weighted by molar-refractivity contribution is -0.284. The normalized spacial score (nSPS) is 5.14. The Hall–Kier alpha value is -0.910. The molecule has 0 radical (unpaired) electrons. The second-order valence-electron chi connectivity index (χ2n) is 0.406. The van der Waals surface area contributed by atoms with E-state index in [-0.39, 0.29) is 0 Å². The average molecular weight is 125 g/mol. The molecule has 0 fully saturated rings. The number of aliphatic hydroxyl groups is 1. The highest BCUT2D eigenvalue weighted by atomic mass is 32.1. The Labute approximate surface area is 44.2 Å². The largest absolute Gasteiger partial charge is 0.487 e. The summed E-state index contributed by atoms with van der Waals surface area (Å²) in [5.74, 6) is 0. The van der Waals surface area contributed by atoms with E-state index < -0.39 is 5.17 Å². The Morgan fingerprint density at radius 1 is 2.00 bits per heavy atom. The van der Waals surface area contributed by atoms with E-state index in [9.17, 15) is 0 Å². The summed E-state index contributed by atoms with van der Waals surface area (Å²) < 4.78 is 1.75. The standard InChI is InChI=1S/CH3NOS.O3/c2-1(3)4;1-3-2/h(H3,2,3,4);. The third-order valence-electron chi connectivity index (χ3n) is 0. The molecule has 5 nitrogen and oxygen atoms in total. The van der Waals surface area contributed by atoms with E-state index in [1.54, 1.807) is 4.75 Å². The van der Waals surface area contributed by atoms with Gasteiger partial charge in [-0.1, -0.05) is 10.2 Å². The summed E-state index contributed by atoms with van der Waals surface area (Å²) in [7, 11) is 0. The van der Waals surface area contributed by atoms with Crippen LogP contribution in [0.1, 0.15) is 0 Å². The lowest BCUT2D eigenvalue weighted by atomic mass is 11.4. The maximum atomic E-state index is 7.88. The van der Waals surface area contributed by atoms with Crippen LogP contribution >= 0.6 is 12.2 Å². The summed E-state index contributed by atoms with van der Waals surface area (Å²) in [5.41, 5.74) is 4.40. The zero-order valence-electron chi connectivity index (χ0n) is 3.16. The van der Waals surface area contributed by atoms with E-state index in [2.05, 4.69) is 18.0 Å². The molecule has 0 aliphatic rings. The van der Waals surface area contributed by atoms with Crippen molar-refractivity contribution in [3.05, 3.63) is 9.71 Å². The zero-order chi connectivity index (χ0) is 6.28. The van der Waals surface area contributed by atoms with Crippen molar-refractivity contribution in [1.82, 2.24) is 0 Å². The van der Waals surface area contributed by atoms with Crippen molar-refractivity contribution in [2.75, 3.05) is 0 Å². The number of hydrogen-bond acceptors (Lipinski definition) is 3. The SMILES string of the molecule is NC(O)=S.O=[O+][O-]. The lowest BCUT2D eigenvalue weighted by Gasteiger charge is -1.67. The van der Waals surface area contributed by atoms with Gasteiger partial charge in [-0.15, -0.1) is 0 Å². The number of rotatable bonds is 0. The van der Waals surface area contributed by atoms with Gasteiger partial charge in [0.05, 0.1) is 0 Å². The lowest BCUT2D eigenvalue weighted by Crippen LogP contribution is -2.03. The van der Waals surface area contributed by atoms with Gasteiger partial charge in [-0.25, -0.2) is 0 Å².